The number of thioether (sulfide) groups is 1. The molecule has 0 radical (unpaired) electrons. The first-order chi connectivity index (χ1) is 9.78. The van der Waals surface area contributed by atoms with E-state index in [-0.39, 0.29) is 39.3 Å². The molecule has 0 unspecified atom stereocenters. The number of hydrogen-bond donors (Lipinski definition) is 1. The smallest absolute Gasteiger partial charge is 0.446 e. The highest BCUT2D eigenvalue weighted by Crippen LogP contribution is 2.39. The molecule has 0 atom stereocenters. The van der Waals surface area contributed by atoms with Crippen LogP contribution in [-0.4, -0.2) is 17.7 Å². The van der Waals surface area contributed by atoms with Crippen LogP contribution < -0.4 is 5.73 Å². The Morgan fingerprint density at radius 1 is 1.24 bits per heavy atom. The van der Waals surface area contributed by atoms with E-state index >= 15 is 0 Å². The number of carbonyl (C=O) groups excluding carboxylic acids is 2. The van der Waals surface area contributed by atoms with Gasteiger partial charge in [-0.05, 0) is 42.1 Å². The molecule has 2 rings (SSSR count). The van der Waals surface area contributed by atoms with E-state index in [4.69, 9.17) is 10.2 Å². The monoisotopic (exact) mass is 315 g/mol. The molecule has 21 heavy (non-hydrogen) atoms. The number of hydrogen-bond acceptors (Lipinski definition) is 4. The maximum Gasteiger partial charge on any atom is 0.446 e. The molecular formula is C13H8F3NO3S. The van der Waals surface area contributed by atoms with Crippen molar-refractivity contribution in [3.8, 4) is 11.3 Å². The third kappa shape index (κ3) is 3.88. The molecule has 0 saturated carbocycles. The summed E-state index contributed by atoms with van der Waals surface area (Å²) in [5.41, 5.74) is 0.761. The van der Waals surface area contributed by atoms with Gasteiger partial charge in [0.25, 0.3) is 0 Å². The summed E-state index contributed by atoms with van der Waals surface area (Å²) in [4.78, 5) is 21.6. The Morgan fingerprint density at radius 2 is 1.95 bits per heavy atom. The summed E-state index contributed by atoms with van der Waals surface area (Å²) in [6.07, 6.45) is 0.465. The Hall–Kier alpha value is -2.22. The van der Waals surface area contributed by atoms with Crippen molar-refractivity contribution in [2.45, 2.75) is 10.4 Å². The minimum absolute atomic E-state index is 0.0273. The normalized spacial score (nSPS) is 11.4. The van der Waals surface area contributed by atoms with Gasteiger partial charge >= 0.3 is 5.51 Å². The highest BCUT2D eigenvalue weighted by molar-refractivity contribution is 8.00. The second kappa shape index (κ2) is 5.65. The molecule has 2 aromatic rings. The predicted molar refractivity (Wildman–Crippen MR) is 70.0 cm³/mol. The number of carbonyl (C=O) groups is 2. The van der Waals surface area contributed by atoms with Crippen molar-refractivity contribution in [3.05, 3.63) is 41.7 Å². The number of rotatable bonds is 4. The molecule has 0 spiro atoms. The zero-order valence-corrected chi connectivity index (χ0v) is 11.1. The lowest BCUT2D eigenvalue weighted by atomic mass is 10.1. The number of halogens is 3. The van der Waals surface area contributed by atoms with Crippen LogP contribution in [-0.2, 0) is 0 Å². The second-order valence-electron chi connectivity index (χ2n) is 3.98. The van der Waals surface area contributed by atoms with Crippen LogP contribution in [0.25, 0.3) is 11.3 Å². The lowest BCUT2D eigenvalue weighted by Gasteiger charge is -2.08. The topological polar surface area (TPSA) is 73.3 Å². The van der Waals surface area contributed by atoms with Crippen LogP contribution in [0.4, 0.5) is 13.2 Å². The molecule has 0 aliphatic carbocycles. The van der Waals surface area contributed by atoms with E-state index in [1.54, 1.807) is 0 Å². The number of alkyl halides is 3. The van der Waals surface area contributed by atoms with E-state index in [0.717, 1.165) is 6.07 Å². The number of aldehydes is 1. The zero-order valence-electron chi connectivity index (χ0n) is 10.3. The Kier molecular flexibility index (Phi) is 4.08. The van der Waals surface area contributed by atoms with Gasteiger partial charge in [0.2, 0.25) is 5.91 Å². The minimum Gasteiger partial charge on any atom is -0.453 e. The predicted octanol–water partition coefficient (Wildman–Crippen LogP) is 3.47. The van der Waals surface area contributed by atoms with Gasteiger partial charge in [-0.1, -0.05) is 0 Å². The molecule has 1 heterocycles. The van der Waals surface area contributed by atoms with E-state index in [9.17, 15) is 22.8 Å². The van der Waals surface area contributed by atoms with Gasteiger partial charge in [-0.25, -0.2) is 0 Å². The molecule has 1 amide bonds. The van der Waals surface area contributed by atoms with Crippen molar-refractivity contribution in [2.24, 2.45) is 5.73 Å². The average molecular weight is 315 g/mol. The summed E-state index contributed by atoms with van der Waals surface area (Å²) >= 11 is -0.365. The lowest BCUT2D eigenvalue weighted by molar-refractivity contribution is -0.0328. The van der Waals surface area contributed by atoms with E-state index in [1.807, 2.05) is 0 Å². The van der Waals surface area contributed by atoms with Crippen molar-refractivity contribution in [3.63, 3.8) is 0 Å². The fraction of sp³-hybridized carbons (Fsp3) is 0.0769. The molecule has 4 nitrogen and oxygen atoms in total. The van der Waals surface area contributed by atoms with Crippen molar-refractivity contribution < 1.29 is 27.2 Å². The van der Waals surface area contributed by atoms with Gasteiger partial charge in [0, 0.05) is 16.0 Å². The van der Waals surface area contributed by atoms with Gasteiger partial charge in [0.1, 0.15) is 5.76 Å². The molecule has 8 heteroatoms. The number of benzene rings is 1. The molecule has 2 N–H and O–H groups in total. The summed E-state index contributed by atoms with van der Waals surface area (Å²) in [7, 11) is 0. The van der Waals surface area contributed by atoms with Gasteiger partial charge in [0.05, 0.1) is 0 Å². The number of primary amides is 1. The number of amides is 1. The van der Waals surface area contributed by atoms with E-state index in [2.05, 4.69) is 0 Å². The van der Waals surface area contributed by atoms with Crippen LogP contribution in [0.15, 0.2) is 39.6 Å². The fourth-order valence-corrected chi connectivity index (χ4v) is 2.29. The third-order valence-corrected chi connectivity index (χ3v) is 3.15. The molecule has 110 valence electrons. The molecule has 0 aliphatic heterocycles. The molecular weight excluding hydrogens is 307 g/mol. The number of nitrogens with two attached hydrogens (primary N) is 1. The Bertz CT molecular complexity index is 694. The van der Waals surface area contributed by atoms with Crippen molar-refractivity contribution in [2.75, 3.05) is 0 Å². The average Bonchev–Trinajstić information content (AvgIpc) is 2.85. The van der Waals surface area contributed by atoms with Gasteiger partial charge < -0.3 is 10.2 Å². The first-order valence-electron chi connectivity index (χ1n) is 5.54. The summed E-state index contributed by atoms with van der Waals surface area (Å²) in [6, 6.07) is 6.35. The van der Waals surface area contributed by atoms with Crippen LogP contribution >= 0.6 is 11.8 Å². The molecule has 0 bridgehead atoms. The van der Waals surface area contributed by atoms with E-state index < -0.39 is 11.4 Å². The Labute approximate surface area is 121 Å². The van der Waals surface area contributed by atoms with Crippen LogP contribution in [0, 0.1) is 0 Å². The summed E-state index contributed by atoms with van der Waals surface area (Å²) in [5.74, 6) is -0.660. The molecule has 1 aromatic heterocycles. The van der Waals surface area contributed by atoms with E-state index in [0.29, 0.717) is 6.29 Å². The lowest BCUT2D eigenvalue weighted by Crippen LogP contribution is -2.11. The van der Waals surface area contributed by atoms with E-state index in [1.165, 1.54) is 24.3 Å². The van der Waals surface area contributed by atoms with Crippen LogP contribution in [0.2, 0.25) is 0 Å². The Morgan fingerprint density at radius 3 is 2.48 bits per heavy atom. The largest absolute Gasteiger partial charge is 0.453 e. The van der Waals surface area contributed by atoms with Crippen LogP contribution in [0.3, 0.4) is 0 Å². The standard InChI is InChI=1S/C13H8F3NO3S/c14-13(15,16)21-10-4-7(3-8(5-10)12(17)19)11-2-1-9(6-18)20-11/h1-6H,(H2,17,19). The summed E-state index contributed by atoms with van der Waals surface area (Å²) in [5, 5.41) is 0. The maximum atomic E-state index is 12.4. The molecule has 1 aromatic carbocycles. The molecule has 0 fully saturated rings. The van der Waals surface area contributed by atoms with Gasteiger partial charge in [0.15, 0.2) is 12.0 Å². The summed E-state index contributed by atoms with van der Waals surface area (Å²) < 4.78 is 42.5. The van der Waals surface area contributed by atoms with Crippen molar-refractivity contribution in [1.29, 1.82) is 0 Å². The second-order valence-corrected chi connectivity index (χ2v) is 5.12. The minimum atomic E-state index is -4.50. The Balaban J connectivity index is 2.49. The molecule has 0 aliphatic rings. The maximum absolute atomic E-state index is 12.4. The highest BCUT2D eigenvalue weighted by Gasteiger charge is 2.29. The SMILES string of the molecule is NC(=O)c1cc(SC(F)(F)F)cc(-c2ccc(C=O)o2)c1. The van der Waals surface area contributed by atoms with Gasteiger partial charge in [-0.2, -0.15) is 13.2 Å². The summed E-state index contributed by atoms with van der Waals surface area (Å²) in [6.45, 7) is 0. The van der Waals surface area contributed by atoms with Crippen LogP contribution in [0.1, 0.15) is 20.9 Å². The third-order valence-electron chi connectivity index (χ3n) is 2.45. The first kappa shape index (κ1) is 15.2. The zero-order chi connectivity index (χ0) is 15.6. The van der Waals surface area contributed by atoms with Crippen molar-refractivity contribution in [1.82, 2.24) is 0 Å². The fourth-order valence-electron chi connectivity index (χ4n) is 1.65. The van der Waals surface area contributed by atoms with Crippen LogP contribution in [0.5, 0.6) is 0 Å². The van der Waals surface area contributed by atoms with Crippen molar-refractivity contribution >= 4 is 24.0 Å². The molecule has 0 saturated heterocycles. The van der Waals surface area contributed by atoms with Gasteiger partial charge in [-0.15, -0.1) is 0 Å². The number of furan rings is 1. The highest BCUT2D eigenvalue weighted by atomic mass is 32.2. The quantitative estimate of drug-likeness (QED) is 0.692. The van der Waals surface area contributed by atoms with Gasteiger partial charge in [-0.3, -0.25) is 9.59 Å². The first-order valence-corrected chi connectivity index (χ1v) is 6.36.